The van der Waals surface area contributed by atoms with Gasteiger partial charge in [0.2, 0.25) is 0 Å². The summed E-state index contributed by atoms with van der Waals surface area (Å²) in [6.07, 6.45) is 1.11. The summed E-state index contributed by atoms with van der Waals surface area (Å²) in [7, 11) is 2.18. The minimum absolute atomic E-state index is 0.0412. The highest BCUT2D eigenvalue weighted by molar-refractivity contribution is 5.56. The molecule has 2 aliphatic rings. The molecule has 2 aliphatic heterocycles. The molecule has 0 radical (unpaired) electrons. The van der Waals surface area contributed by atoms with Gasteiger partial charge in [0.05, 0.1) is 24.3 Å². The van der Waals surface area contributed by atoms with Gasteiger partial charge >= 0.3 is 0 Å². The van der Waals surface area contributed by atoms with Crippen LogP contribution in [0.15, 0.2) is 30.3 Å². The van der Waals surface area contributed by atoms with Crippen LogP contribution in [0.1, 0.15) is 23.4 Å². The van der Waals surface area contributed by atoms with E-state index in [1.54, 1.807) is 0 Å². The van der Waals surface area contributed by atoms with Crippen molar-refractivity contribution >= 4 is 0 Å². The number of hydrogen-bond acceptors (Lipinski definition) is 4. The van der Waals surface area contributed by atoms with Crippen molar-refractivity contribution in [1.82, 2.24) is 14.9 Å². The zero-order chi connectivity index (χ0) is 15.2. The molecule has 1 atom stereocenters. The van der Waals surface area contributed by atoms with Crippen molar-refractivity contribution in [2.75, 3.05) is 26.7 Å². The molecule has 1 unspecified atom stereocenters. The van der Waals surface area contributed by atoms with Crippen molar-refractivity contribution in [3.63, 3.8) is 0 Å². The molecule has 22 heavy (non-hydrogen) atoms. The van der Waals surface area contributed by atoms with E-state index in [1.807, 2.05) is 18.2 Å². The highest BCUT2D eigenvalue weighted by atomic mass is 16.5. The zero-order valence-electron chi connectivity index (χ0n) is 13.2. The first-order valence-corrected chi connectivity index (χ1v) is 7.88. The number of aryl methyl sites for hydroxylation is 1. The van der Waals surface area contributed by atoms with Crippen molar-refractivity contribution in [3.8, 4) is 11.4 Å². The van der Waals surface area contributed by atoms with E-state index in [0.29, 0.717) is 6.61 Å². The molecular formula is C18H21N3O. The maximum Gasteiger partial charge on any atom is 0.159 e. The molecule has 4 nitrogen and oxygen atoms in total. The van der Waals surface area contributed by atoms with Crippen LogP contribution in [0.4, 0.5) is 0 Å². The first kappa shape index (κ1) is 13.9. The van der Waals surface area contributed by atoms with Crippen LogP contribution in [-0.4, -0.2) is 41.6 Å². The fraction of sp³-hybridized carbons (Fsp3) is 0.444. The first-order chi connectivity index (χ1) is 10.7. The Labute approximate surface area is 131 Å². The van der Waals surface area contributed by atoms with E-state index in [2.05, 4.69) is 31.0 Å². The summed E-state index contributed by atoms with van der Waals surface area (Å²) in [5, 5.41) is 0. The summed E-state index contributed by atoms with van der Waals surface area (Å²) < 4.78 is 5.90. The van der Waals surface area contributed by atoms with Gasteiger partial charge in [0.25, 0.3) is 0 Å². The molecule has 1 spiro atoms. The molecule has 1 fully saturated rings. The molecular weight excluding hydrogens is 274 g/mol. The monoisotopic (exact) mass is 295 g/mol. The average Bonchev–Trinajstić information content (AvgIpc) is 2.91. The molecule has 3 heterocycles. The molecule has 0 bridgehead atoms. The van der Waals surface area contributed by atoms with Gasteiger partial charge in [0.1, 0.15) is 0 Å². The molecule has 4 rings (SSSR count). The van der Waals surface area contributed by atoms with Crippen LogP contribution in [-0.2, 0) is 16.8 Å². The molecule has 0 N–H and O–H groups in total. The highest BCUT2D eigenvalue weighted by Crippen LogP contribution is 2.40. The van der Waals surface area contributed by atoms with Crippen molar-refractivity contribution < 1.29 is 4.74 Å². The summed E-state index contributed by atoms with van der Waals surface area (Å²) in [4.78, 5) is 12.1. The topological polar surface area (TPSA) is 38.3 Å². The van der Waals surface area contributed by atoms with E-state index in [9.17, 15) is 0 Å². The third-order valence-corrected chi connectivity index (χ3v) is 4.92. The number of aromatic nitrogens is 2. The minimum atomic E-state index is 0.0412. The molecule has 1 aromatic carbocycles. The van der Waals surface area contributed by atoms with Crippen LogP contribution in [0, 0.1) is 6.92 Å². The second-order valence-electron chi connectivity index (χ2n) is 6.59. The number of likely N-dealkylation sites (N-methyl/N-ethyl adjacent to an activating group) is 1. The molecule has 1 saturated heterocycles. The maximum atomic E-state index is 5.90. The Balaban J connectivity index is 1.87. The van der Waals surface area contributed by atoms with Crippen molar-refractivity contribution in [2.24, 2.45) is 0 Å². The van der Waals surface area contributed by atoms with Gasteiger partial charge in [0.15, 0.2) is 5.82 Å². The molecule has 114 valence electrons. The van der Waals surface area contributed by atoms with Crippen LogP contribution < -0.4 is 0 Å². The lowest BCUT2D eigenvalue weighted by Crippen LogP contribution is -2.40. The molecule has 0 aliphatic carbocycles. The summed E-state index contributed by atoms with van der Waals surface area (Å²) in [5.41, 5.74) is 4.59. The number of benzene rings is 1. The van der Waals surface area contributed by atoms with E-state index in [1.165, 1.54) is 11.3 Å². The molecule has 4 heteroatoms. The summed E-state index contributed by atoms with van der Waals surface area (Å²) in [6, 6.07) is 10.3. The van der Waals surface area contributed by atoms with Crippen molar-refractivity contribution in [3.05, 3.63) is 47.3 Å². The fourth-order valence-electron chi connectivity index (χ4n) is 3.73. The third-order valence-electron chi connectivity index (χ3n) is 4.92. The van der Waals surface area contributed by atoms with Crippen LogP contribution in [0.2, 0.25) is 0 Å². The van der Waals surface area contributed by atoms with E-state index in [4.69, 9.17) is 14.7 Å². The zero-order valence-corrected chi connectivity index (χ0v) is 13.2. The summed E-state index contributed by atoms with van der Waals surface area (Å²) in [6.45, 7) is 5.61. The largest absolute Gasteiger partial charge is 0.376 e. The highest BCUT2D eigenvalue weighted by Gasteiger charge is 2.44. The number of rotatable bonds is 1. The van der Waals surface area contributed by atoms with E-state index < -0.39 is 0 Å². The number of fused-ring (bicyclic) bond motifs is 2. The van der Waals surface area contributed by atoms with Crippen LogP contribution in [0.25, 0.3) is 11.4 Å². The summed E-state index contributed by atoms with van der Waals surface area (Å²) >= 11 is 0. The summed E-state index contributed by atoms with van der Waals surface area (Å²) in [5.74, 6) is 0.840. The Bertz CT molecular complexity index is 701. The number of nitrogens with zero attached hydrogens (tertiary/aromatic N) is 3. The Morgan fingerprint density at radius 3 is 2.73 bits per heavy atom. The Morgan fingerprint density at radius 2 is 2.00 bits per heavy atom. The van der Waals surface area contributed by atoms with Gasteiger partial charge < -0.3 is 9.64 Å². The van der Waals surface area contributed by atoms with Gasteiger partial charge in [-0.05, 0) is 26.9 Å². The van der Waals surface area contributed by atoms with E-state index in [0.717, 1.165) is 43.2 Å². The standard InChI is InChI=1S/C18H21N3O/c1-13-15-10-22-12-18(8-9-21(2)11-18)16(15)20-17(19-13)14-6-4-3-5-7-14/h3-7H,8-12H2,1-2H3. The third kappa shape index (κ3) is 2.14. The lowest BCUT2D eigenvalue weighted by molar-refractivity contribution is 0.0511. The van der Waals surface area contributed by atoms with Crippen LogP contribution in [0.3, 0.4) is 0 Å². The van der Waals surface area contributed by atoms with Crippen LogP contribution in [0.5, 0.6) is 0 Å². The Morgan fingerprint density at radius 1 is 1.18 bits per heavy atom. The molecule has 0 amide bonds. The van der Waals surface area contributed by atoms with E-state index >= 15 is 0 Å². The quantitative estimate of drug-likeness (QED) is 0.810. The average molecular weight is 295 g/mol. The normalized spacial score (nSPS) is 24.6. The Hall–Kier alpha value is -1.78. The van der Waals surface area contributed by atoms with Gasteiger partial charge in [-0.1, -0.05) is 30.3 Å². The van der Waals surface area contributed by atoms with Gasteiger partial charge in [0, 0.05) is 23.4 Å². The number of likely N-dealkylation sites (tertiary alicyclic amines) is 1. The predicted octanol–water partition coefficient (Wildman–Crippen LogP) is 2.56. The second-order valence-corrected chi connectivity index (χ2v) is 6.59. The SMILES string of the molecule is Cc1nc(-c2ccccc2)nc2c1COCC21CCN(C)C1. The van der Waals surface area contributed by atoms with Gasteiger partial charge in [-0.15, -0.1) is 0 Å². The van der Waals surface area contributed by atoms with Gasteiger partial charge in [-0.3, -0.25) is 0 Å². The smallest absolute Gasteiger partial charge is 0.159 e. The molecule has 0 saturated carbocycles. The number of hydrogen-bond donors (Lipinski definition) is 0. The number of ether oxygens (including phenoxy) is 1. The lowest BCUT2D eigenvalue weighted by Gasteiger charge is -2.35. The van der Waals surface area contributed by atoms with Crippen molar-refractivity contribution in [2.45, 2.75) is 25.4 Å². The van der Waals surface area contributed by atoms with E-state index in [-0.39, 0.29) is 5.41 Å². The molecule has 1 aromatic heterocycles. The Kier molecular flexibility index (Phi) is 3.24. The predicted molar refractivity (Wildman–Crippen MR) is 85.7 cm³/mol. The minimum Gasteiger partial charge on any atom is -0.376 e. The molecule has 2 aromatic rings. The maximum absolute atomic E-state index is 5.90. The first-order valence-electron chi connectivity index (χ1n) is 7.88. The van der Waals surface area contributed by atoms with Crippen molar-refractivity contribution in [1.29, 1.82) is 0 Å². The van der Waals surface area contributed by atoms with Gasteiger partial charge in [-0.2, -0.15) is 0 Å². The lowest BCUT2D eigenvalue weighted by atomic mass is 9.80. The van der Waals surface area contributed by atoms with Gasteiger partial charge in [-0.25, -0.2) is 9.97 Å². The fourth-order valence-corrected chi connectivity index (χ4v) is 3.73. The second kappa shape index (κ2) is 5.14. The van der Waals surface area contributed by atoms with Crippen LogP contribution >= 0.6 is 0 Å².